The predicted octanol–water partition coefficient (Wildman–Crippen LogP) is 0.725. The molecule has 2 aliphatic heterocycles. The number of rotatable bonds is 3. The third-order valence-corrected chi connectivity index (χ3v) is 2.95. The van der Waals surface area contributed by atoms with E-state index >= 15 is 0 Å². The number of ether oxygens (including phenoxy) is 1. The fraction of sp³-hybridized carbons (Fsp3) is 0.636. The minimum atomic E-state index is -0.217. The molecule has 0 aromatic carbocycles. The Bertz CT molecular complexity index is 328. The Balaban J connectivity index is 1.93. The van der Waals surface area contributed by atoms with E-state index in [-0.39, 0.29) is 29.4 Å². The maximum Gasteiger partial charge on any atom is 0.253 e. The molecule has 2 atom stereocenters. The fourth-order valence-electron chi connectivity index (χ4n) is 2.09. The average Bonchev–Trinajstić information content (AvgIpc) is 2.69. The van der Waals surface area contributed by atoms with Crippen LogP contribution in [-0.4, -0.2) is 35.0 Å². The van der Waals surface area contributed by atoms with Crippen molar-refractivity contribution in [3.8, 4) is 0 Å². The van der Waals surface area contributed by atoms with Crippen LogP contribution in [0.1, 0.15) is 20.8 Å². The first-order valence-electron chi connectivity index (χ1n) is 5.13. The summed E-state index contributed by atoms with van der Waals surface area (Å²) in [6, 6.07) is 0. The molecule has 1 fully saturated rings. The SMILES string of the molecule is CC(CN1C(=O)C=CC1=O)C1OC1(C)C. The van der Waals surface area contributed by atoms with Crippen molar-refractivity contribution in [2.24, 2.45) is 5.92 Å². The lowest BCUT2D eigenvalue weighted by molar-refractivity contribution is -0.137. The molecule has 0 radical (unpaired) electrons. The predicted molar refractivity (Wildman–Crippen MR) is 54.0 cm³/mol. The molecule has 0 aromatic heterocycles. The first-order valence-corrected chi connectivity index (χ1v) is 5.13. The summed E-state index contributed by atoms with van der Waals surface area (Å²) in [6.45, 7) is 6.47. The highest BCUT2D eigenvalue weighted by Gasteiger charge is 2.51. The maximum atomic E-state index is 11.3. The molecule has 2 amide bonds. The molecule has 15 heavy (non-hydrogen) atoms. The molecular formula is C11H15NO3. The van der Waals surface area contributed by atoms with E-state index in [9.17, 15) is 9.59 Å². The van der Waals surface area contributed by atoms with Crippen LogP contribution < -0.4 is 0 Å². The second kappa shape index (κ2) is 3.17. The van der Waals surface area contributed by atoms with Gasteiger partial charge in [0.15, 0.2) is 0 Å². The molecule has 4 heteroatoms. The van der Waals surface area contributed by atoms with Crippen molar-refractivity contribution in [3.63, 3.8) is 0 Å². The van der Waals surface area contributed by atoms with E-state index in [1.807, 2.05) is 20.8 Å². The van der Waals surface area contributed by atoms with E-state index in [2.05, 4.69) is 0 Å². The van der Waals surface area contributed by atoms with Crippen molar-refractivity contribution in [1.29, 1.82) is 0 Å². The number of hydrogen-bond acceptors (Lipinski definition) is 3. The number of hydrogen-bond donors (Lipinski definition) is 0. The van der Waals surface area contributed by atoms with Gasteiger partial charge in [-0.05, 0) is 13.8 Å². The zero-order valence-corrected chi connectivity index (χ0v) is 9.19. The van der Waals surface area contributed by atoms with Crippen LogP contribution >= 0.6 is 0 Å². The van der Waals surface area contributed by atoms with Gasteiger partial charge in [-0.25, -0.2) is 0 Å². The van der Waals surface area contributed by atoms with Crippen LogP contribution in [0.3, 0.4) is 0 Å². The largest absolute Gasteiger partial charge is 0.366 e. The zero-order valence-electron chi connectivity index (χ0n) is 9.19. The first-order chi connectivity index (χ1) is 6.92. The molecule has 4 nitrogen and oxygen atoms in total. The van der Waals surface area contributed by atoms with Gasteiger partial charge in [-0.1, -0.05) is 6.92 Å². The van der Waals surface area contributed by atoms with Crippen molar-refractivity contribution in [3.05, 3.63) is 12.2 Å². The third kappa shape index (κ3) is 1.81. The average molecular weight is 209 g/mol. The minimum Gasteiger partial charge on any atom is -0.366 e. The second-order valence-electron chi connectivity index (χ2n) is 4.74. The minimum absolute atomic E-state index is 0.0985. The molecule has 82 valence electrons. The summed E-state index contributed by atoms with van der Waals surface area (Å²) >= 11 is 0. The summed E-state index contributed by atoms with van der Waals surface area (Å²) in [5, 5.41) is 0. The van der Waals surface area contributed by atoms with E-state index in [0.29, 0.717) is 6.54 Å². The van der Waals surface area contributed by atoms with Crippen molar-refractivity contribution in [1.82, 2.24) is 4.90 Å². The van der Waals surface area contributed by atoms with Crippen LogP contribution in [0.2, 0.25) is 0 Å². The number of epoxide rings is 1. The van der Waals surface area contributed by atoms with E-state index < -0.39 is 0 Å². The Labute approximate surface area is 88.9 Å². The Kier molecular flexibility index (Phi) is 2.19. The molecule has 0 bridgehead atoms. The fourth-order valence-corrected chi connectivity index (χ4v) is 2.09. The molecule has 0 spiro atoms. The lowest BCUT2D eigenvalue weighted by Crippen LogP contribution is -2.36. The van der Waals surface area contributed by atoms with Gasteiger partial charge in [0.1, 0.15) is 0 Å². The van der Waals surface area contributed by atoms with Crippen molar-refractivity contribution < 1.29 is 14.3 Å². The molecule has 2 heterocycles. The van der Waals surface area contributed by atoms with Gasteiger partial charge in [-0.3, -0.25) is 14.5 Å². The van der Waals surface area contributed by atoms with Crippen LogP contribution in [0.4, 0.5) is 0 Å². The summed E-state index contributed by atoms with van der Waals surface area (Å²) in [4.78, 5) is 23.9. The maximum absolute atomic E-state index is 11.3. The highest BCUT2D eigenvalue weighted by Crippen LogP contribution is 2.40. The van der Waals surface area contributed by atoms with Gasteiger partial charge in [0, 0.05) is 24.6 Å². The topological polar surface area (TPSA) is 49.9 Å². The lowest BCUT2D eigenvalue weighted by Gasteiger charge is -2.18. The monoisotopic (exact) mass is 209 g/mol. The summed E-state index contributed by atoms with van der Waals surface area (Å²) in [7, 11) is 0. The molecule has 2 unspecified atom stereocenters. The van der Waals surface area contributed by atoms with E-state index in [4.69, 9.17) is 4.74 Å². The van der Waals surface area contributed by atoms with Crippen LogP contribution in [-0.2, 0) is 14.3 Å². The van der Waals surface area contributed by atoms with Gasteiger partial charge < -0.3 is 4.74 Å². The highest BCUT2D eigenvalue weighted by atomic mass is 16.6. The standard InChI is InChI=1S/C11H15NO3/c1-7(10-11(2,3)15-10)6-12-8(13)4-5-9(12)14/h4-5,7,10H,6H2,1-3H3. The zero-order chi connectivity index (χ0) is 11.2. The van der Waals surface area contributed by atoms with Gasteiger partial charge >= 0.3 is 0 Å². The molecule has 0 N–H and O–H groups in total. The smallest absolute Gasteiger partial charge is 0.253 e. The van der Waals surface area contributed by atoms with Gasteiger partial charge in [0.2, 0.25) is 0 Å². The quantitative estimate of drug-likeness (QED) is 0.508. The second-order valence-corrected chi connectivity index (χ2v) is 4.74. The lowest BCUT2D eigenvalue weighted by atomic mass is 9.98. The van der Waals surface area contributed by atoms with Crippen LogP contribution in [0.5, 0.6) is 0 Å². The van der Waals surface area contributed by atoms with Crippen molar-refractivity contribution in [2.75, 3.05) is 6.54 Å². The van der Waals surface area contributed by atoms with Gasteiger partial charge in [0.05, 0.1) is 11.7 Å². The van der Waals surface area contributed by atoms with Crippen molar-refractivity contribution in [2.45, 2.75) is 32.5 Å². The summed E-state index contributed by atoms with van der Waals surface area (Å²) in [6.07, 6.45) is 2.78. The van der Waals surface area contributed by atoms with E-state index in [1.165, 1.54) is 17.1 Å². The van der Waals surface area contributed by atoms with E-state index in [0.717, 1.165) is 0 Å². The van der Waals surface area contributed by atoms with Crippen LogP contribution in [0.25, 0.3) is 0 Å². The Morgan fingerprint density at radius 1 is 1.40 bits per heavy atom. The number of nitrogens with zero attached hydrogens (tertiary/aromatic N) is 1. The summed E-state index contributed by atoms with van der Waals surface area (Å²) in [5.41, 5.74) is -0.0985. The molecule has 0 aromatic rings. The number of amides is 2. The Morgan fingerprint density at radius 3 is 2.27 bits per heavy atom. The van der Waals surface area contributed by atoms with Crippen LogP contribution in [0, 0.1) is 5.92 Å². The summed E-state index contributed by atoms with van der Waals surface area (Å²) in [5.74, 6) is -0.247. The third-order valence-electron chi connectivity index (χ3n) is 2.95. The van der Waals surface area contributed by atoms with Gasteiger partial charge in [0.25, 0.3) is 11.8 Å². The molecule has 1 saturated heterocycles. The molecule has 2 aliphatic rings. The Morgan fingerprint density at radius 2 is 1.87 bits per heavy atom. The normalized spacial score (nSPS) is 29.8. The number of carbonyl (C=O) groups excluding carboxylic acids is 2. The van der Waals surface area contributed by atoms with Gasteiger partial charge in [-0.2, -0.15) is 0 Å². The molecule has 0 saturated carbocycles. The van der Waals surface area contributed by atoms with Gasteiger partial charge in [-0.15, -0.1) is 0 Å². The number of carbonyl (C=O) groups is 2. The molecular weight excluding hydrogens is 194 g/mol. The Hall–Kier alpha value is -1.16. The highest BCUT2D eigenvalue weighted by molar-refractivity contribution is 6.12. The number of imide groups is 1. The van der Waals surface area contributed by atoms with E-state index in [1.54, 1.807) is 0 Å². The van der Waals surface area contributed by atoms with Crippen molar-refractivity contribution >= 4 is 11.8 Å². The molecule has 2 rings (SSSR count). The van der Waals surface area contributed by atoms with Crippen LogP contribution in [0.15, 0.2) is 12.2 Å². The first kappa shape index (κ1) is 10.4. The summed E-state index contributed by atoms with van der Waals surface area (Å²) < 4.78 is 5.48. The molecule has 0 aliphatic carbocycles.